The maximum Gasteiger partial charge on any atom is 0.253 e. The lowest BCUT2D eigenvalue weighted by Crippen LogP contribution is -2.09. The van der Waals surface area contributed by atoms with Crippen LogP contribution in [0.4, 0.5) is 5.82 Å². The number of nitrogens with two attached hydrogens (primary N) is 1. The fraction of sp³-hybridized carbons (Fsp3) is 0.0909. The van der Waals surface area contributed by atoms with E-state index in [-0.39, 0.29) is 11.4 Å². The molecule has 0 radical (unpaired) electrons. The lowest BCUT2D eigenvalue weighted by molar-refractivity contribution is 0.938. The quantitative estimate of drug-likeness (QED) is 0.781. The van der Waals surface area contributed by atoms with Crippen LogP contribution in [0, 0.1) is 18.3 Å². The SMILES string of the molecule is Cc1ccnc(Sc2nc(N)cc(=O)[nH]2)c1C#N. The summed E-state index contributed by atoms with van der Waals surface area (Å²) in [7, 11) is 0. The minimum atomic E-state index is -0.337. The first kappa shape index (κ1) is 12.1. The van der Waals surface area contributed by atoms with Gasteiger partial charge >= 0.3 is 0 Å². The molecule has 0 saturated carbocycles. The maximum atomic E-state index is 11.2. The zero-order valence-electron chi connectivity index (χ0n) is 9.47. The van der Waals surface area contributed by atoms with Gasteiger partial charge in [0.05, 0.1) is 5.56 Å². The number of pyridine rings is 1. The molecule has 2 heterocycles. The van der Waals surface area contributed by atoms with Gasteiger partial charge in [0, 0.05) is 12.3 Å². The van der Waals surface area contributed by atoms with E-state index in [9.17, 15) is 4.79 Å². The number of aryl methyl sites for hydroxylation is 1. The molecule has 0 fully saturated rings. The van der Waals surface area contributed by atoms with Gasteiger partial charge < -0.3 is 10.7 Å². The second kappa shape index (κ2) is 4.89. The molecular formula is C11H9N5OS. The first-order valence-electron chi connectivity index (χ1n) is 5.00. The Balaban J connectivity index is 2.44. The average molecular weight is 259 g/mol. The third-order valence-electron chi connectivity index (χ3n) is 2.17. The zero-order chi connectivity index (χ0) is 13.1. The van der Waals surface area contributed by atoms with Crippen LogP contribution in [-0.4, -0.2) is 15.0 Å². The minimum Gasteiger partial charge on any atom is -0.383 e. The van der Waals surface area contributed by atoms with E-state index in [0.717, 1.165) is 17.3 Å². The number of nitrogens with one attached hydrogen (secondary N) is 1. The van der Waals surface area contributed by atoms with Crippen LogP contribution < -0.4 is 11.3 Å². The van der Waals surface area contributed by atoms with Gasteiger partial charge in [0.1, 0.15) is 16.9 Å². The lowest BCUT2D eigenvalue weighted by atomic mass is 10.2. The van der Waals surface area contributed by atoms with Crippen molar-refractivity contribution in [3.63, 3.8) is 0 Å². The van der Waals surface area contributed by atoms with E-state index in [1.54, 1.807) is 12.3 Å². The summed E-state index contributed by atoms with van der Waals surface area (Å²) in [6.45, 7) is 1.82. The first-order valence-corrected chi connectivity index (χ1v) is 5.82. The molecule has 0 aliphatic rings. The Bertz CT molecular complexity index is 689. The van der Waals surface area contributed by atoms with E-state index >= 15 is 0 Å². The molecule has 6 nitrogen and oxygen atoms in total. The Morgan fingerprint density at radius 2 is 2.33 bits per heavy atom. The number of nitriles is 1. The largest absolute Gasteiger partial charge is 0.383 e. The van der Waals surface area contributed by atoms with Gasteiger partial charge in [0.15, 0.2) is 5.16 Å². The molecule has 90 valence electrons. The van der Waals surface area contributed by atoms with Gasteiger partial charge in [0.25, 0.3) is 5.56 Å². The smallest absolute Gasteiger partial charge is 0.253 e. The molecule has 0 aliphatic carbocycles. The molecule has 2 aromatic rings. The van der Waals surface area contributed by atoms with Crippen LogP contribution in [0.2, 0.25) is 0 Å². The predicted molar refractivity (Wildman–Crippen MR) is 67.1 cm³/mol. The van der Waals surface area contributed by atoms with E-state index in [1.165, 1.54) is 6.07 Å². The second-order valence-electron chi connectivity index (χ2n) is 3.50. The van der Waals surface area contributed by atoms with Gasteiger partial charge in [-0.3, -0.25) is 4.79 Å². The topological polar surface area (TPSA) is 108 Å². The zero-order valence-corrected chi connectivity index (χ0v) is 10.3. The first-order chi connectivity index (χ1) is 8.60. The Morgan fingerprint density at radius 3 is 3.00 bits per heavy atom. The molecule has 7 heteroatoms. The molecular weight excluding hydrogens is 250 g/mol. The molecule has 0 spiro atoms. The van der Waals surface area contributed by atoms with Gasteiger partial charge in [-0.2, -0.15) is 5.26 Å². The fourth-order valence-electron chi connectivity index (χ4n) is 1.34. The van der Waals surface area contributed by atoms with Crippen molar-refractivity contribution in [2.45, 2.75) is 17.1 Å². The third kappa shape index (κ3) is 2.49. The molecule has 2 aromatic heterocycles. The van der Waals surface area contributed by atoms with Crippen LogP contribution in [0.3, 0.4) is 0 Å². The average Bonchev–Trinajstić information content (AvgIpc) is 2.27. The summed E-state index contributed by atoms with van der Waals surface area (Å²) >= 11 is 1.10. The molecule has 0 saturated heterocycles. The van der Waals surface area contributed by atoms with Gasteiger partial charge in [-0.05, 0) is 30.3 Å². The van der Waals surface area contributed by atoms with Crippen molar-refractivity contribution in [2.24, 2.45) is 0 Å². The van der Waals surface area contributed by atoms with Gasteiger partial charge in [0.2, 0.25) is 0 Å². The number of rotatable bonds is 2. The molecule has 0 aliphatic heterocycles. The second-order valence-corrected chi connectivity index (χ2v) is 4.47. The van der Waals surface area contributed by atoms with Crippen molar-refractivity contribution in [3.05, 3.63) is 39.8 Å². The summed E-state index contributed by atoms with van der Waals surface area (Å²) in [5, 5.41) is 9.87. The molecule has 2 rings (SSSR count). The summed E-state index contributed by atoms with van der Waals surface area (Å²) in [6, 6.07) is 5.02. The summed E-state index contributed by atoms with van der Waals surface area (Å²) in [6.07, 6.45) is 1.60. The number of hydrogen-bond donors (Lipinski definition) is 2. The van der Waals surface area contributed by atoms with Crippen LogP contribution in [-0.2, 0) is 0 Å². The van der Waals surface area contributed by atoms with E-state index in [4.69, 9.17) is 11.0 Å². The van der Waals surface area contributed by atoms with Crippen LogP contribution >= 0.6 is 11.8 Å². The molecule has 0 aromatic carbocycles. The number of nitrogens with zero attached hydrogens (tertiary/aromatic N) is 3. The maximum absolute atomic E-state index is 11.2. The minimum absolute atomic E-state index is 0.132. The molecule has 0 amide bonds. The highest BCUT2D eigenvalue weighted by atomic mass is 32.2. The van der Waals surface area contributed by atoms with Crippen molar-refractivity contribution in [3.8, 4) is 6.07 Å². The number of aromatic nitrogens is 3. The number of hydrogen-bond acceptors (Lipinski definition) is 6. The number of H-pyrrole nitrogens is 1. The fourth-order valence-corrected chi connectivity index (χ4v) is 2.25. The highest BCUT2D eigenvalue weighted by Crippen LogP contribution is 2.26. The molecule has 18 heavy (non-hydrogen) atoms. The number of anilines is 1. The molecule has 3 N–H and O–H groups in total. The number of aromatic amines is 1. The van der Waals surface area contributed by atoms with Crippen LogP contribution in [0.1, 0.15) is 11.1 Å². The molecule has 0 unspecified atom stereocenters. The summed E-state index contributed by atoms with van der Waals surface area (Å²) < 4.78 is 0. The Hall–Kier alpha value is -2.33. The Kier molecular flexibility index (Phi) is 3.30. The normalized spacial score (nSPS) is 10.0. The van der Waals surface area contributed by atoms with Crippen LogP contribution in [0.15, 0.2) is 33.3 Å². The van der Waals surface area contributed by atoms with Gasteiger partial charge in [-0.1, -0.05) is 0 Å². The van der Waals surface area contributed by atoms with Crippen LogP contribution in [0.25, 0.3) is 0 Å². The van der Waals surface area contributed by atoms with Crippen molar-refractivity contribution in [2.75, 3.05) is 5.73 Å². The monoisotopic (exact) mass is 259 g/mol. The van der Waals surface area contributed by atoms with Gasteiger partial charge in [-0.15, -0.1) is 0 Å². The van der Waals surface area contributed by atoms with E-state index in [0.29, 0.717) is 15.7 Å². The highest BCUT2D eigenvalue weighted by molar-refractivity contribution is 7.99. The van der Waals surface area contributed by atoms with Crippen molar-refractivity contribution in [1.82, 2.24) is 15.0 Å². The Labute approximate surface area is 107 Å². The summed E-state index contributed by atoms with van der Waals surface area (Å²) in [4.78, 5) is 21.9. The van der Waals surface area contributed by atoms with Crippen molar-refractivity contribution >= 4 is 17.6 Å². The third-order valence-corrected chi connectivity index (χ3v) is 3.06. The predicted octanol–water partition coefficient (Wildman–Crippen LogP) is 1.08. The Morgan fingerprint density at radius 1 is 1.56 bits per heavy atom. The van der Waals surface area contributed by atoms with E-state index < -0.39 is 0 Å². The summed E-state index contributed by atoms with van der Waals surface area (Å²) in [5.74, 6) is 0.132. The van der Waals surface area contributed by atoms with E-state index in [2.05, 4.69) is 21.0 Å². The van der Waals surface area contributed by atoms with Crippen molar-refractivity contribution in [1.29, 1.82) is 5.26 Å². The highest BCUT2D eigenvalue weighted by Gasteiger charge is 2.10. The van der Waals surface area contributed by atoms with Crippen molar-refractivity contribution < 1.29 is 0 Å². The number of nitrogen functional groups attached to an aromatic ring is 1. The lowest BCUT2D eigenvalue weighted by Gasteiger charge is -2.04. The van der Waals surface area contributed by atoms with E-state index in [1.807, 2.05) is 6.92 Å². The van der Waals surface area contributed by atoms with Gasteiger partial charge in [-0.25, -0.2) is 9.97 Å². The van der Waals surface area contributed by atoms with Crippen LogP contribution in [0.5, 0.6) is 0 Å². The standard InChI is InChI=1S/C11H9N5OS/c1-6-2-3-14-10(7(6)5-12)18-11-15-8(13)4-9(17)16-11/h2-4H,1H3,(H3,13,15,16,17). The molecule has 0 atom stereocenters. The summed E-state index contributed by atoms with van der Waals surface area (Å²) in [5.41, 5.74) is 6.43. The molecule has 0 bridgehead atoms.